The first-order chi connectivity index (χ1) is 9.26. The molecule has 1 unspecified atom stereocenters. The van der Waals surface area contributed by atoms with Crippen molar-refractivity contribution in [1.82, 2.24) is 9.97 Å². The molecule has 1 N–H and O–H groups in total. The van der Waals surface area contributed by atoms with E-state index >= 15 is 0 Å². The fourth-order valence-corrected chi connectivity index (χ4v) is 2.85. The van der Waals surface area contributed by atoms with Crippen LogP contribution in [-0.2, 0) is 0 Å². The molecule has 0 aliphatic carbocycles. The van der Waals surface area contributed by atoms with Gasteiger partial charge in [-0.05, 0) is 33.1 Å². The van der Waals surface area contributed by atoms with Gasteiger partial charge in [-0.3, -0.25) is 0 Å². The maximum atomic E-state index is 4.73. The quantitative estimate of drug-likeness (QED) is 0.903. The summed E-state index contributed by atoms with van der Waals surface area (Å²) in [6, 6.07) is 0.630. The summed E-state index contributed by atoms with van der Waals surface area (Å²) in [6.07, 6.45) is 8.39. The molecule has 0 bridgehead atoms. The third-order valence-electron chi connectivity index (χ3n) is 3.90. The molecule has 4 nitrogen and oxygen atoms in total. The van der Waals surface area contributed by atoms with E-state index in [0.29, 0.717) is 6.04 Å². The first-order valence-electron chi connectivity index (χ1n) is 7.60. The van der Waals surface area contributed by atoms with Gasteiger partial charge in [-0.2, -0.15) is 4.98 Å². The first-order valence-corrected chi connectivity index (χ1v) is 7.60. The highest BCUT2D eigenvalue weighted by Crippen LogP contribution is 2.27. The molecule has 0 aromatic carbocycles. The fraction of sp³-hybridized carbons (Fsp3) is 0.733. The standard InChI is InChI=1S/C15H26N4/c1-4-13-9-7-6-8-10-19(13)14-12(3)11-17-15(18-14)16-5-2/h11,13H,4-10H2,1-3H3,(H,16,17,18). The molecule has 1 aromatic heterocycles. The topological polar surface area (TPSA) is 41.1 Å². The van der Waals surface area contributed by atoms with Crippen molar-refractivity contribution in [1.29, 1.82) is 0 Å². The Morgan fingerprint density at radius 2 is 2.16 bits per heavy atom. The predicted octanol–water partition coefficient (Wildman–Crippen LogP) is 3.38. The second-order valence-electron chi connectivity index (χ2n) is 5.34. The van der Waals surface area contributed by atoms with Gasteiger partial charge in [0.05, 0.1) is 0 Å². The Morgan fingerprint density at radius 3 is 2.89 bits per heavy atom. The highest BCUT2D eigenvalue weighted by Gasteiger charge is 2.22. The Balaban J connectivity index is 2.28. The average Bonchev–Trinajstić information content (AvgIpc) is 2.66. The number of aromatic nitrogens is 2. The van der Waals surface area contributed by atoms with Gasteiger partial charge in [0.25, 0.3) is 0 Å². The van der Waals surface area contributed by atoms with Crippen LogP contribution in [0.25, 0.3) is 0 Å². The predicted molar refractivity (Wildman–Crippen MR) is 80.8 cm³/mol. The van der Waals surface area contributed by atoms with Crippen LogP contribution in [0.1, 0.15) is 51.5 Å². The van der Waals surface area contributed by atoms with Crippen molar-refractivity contribution in [3.63, 3.8) is 0 Å². The molecular formula is C15H26N4. The Labute approximate surface area is 116 Å². The molecule has 1 fully saturated rings. The SMILES string of the molecule is CCNc1ncc(C)c(N2CCCCCC2CC)n1. The Bertz CT molecular complexity index is 405. The third-order valence-corrected chi connectivity index (χ3v) is 3.90. The zero-order chi connectivity index (χ0) is 13.7. The third kappa shape index (κ3) is 3.37. The van der Waals surface area contributed by atoms with Gasteiger partial charge >= 0.3 is 0 Å². The van der Waals surface area contributed by atoms with Crippen molar-refractivity contribution in [2.24, 2.45) is 0 Å². The molecule has 0 spiro atoms. The van der Waals surface area contributed by atoms with E-state index in [1.807, 2.05) is 6.20 Å². The number of hydrogen-bond acceptors (Lipinski definition) is 4. The summed E-state index contributed by atoms with van der Waals surface area (Å²) in [4.78, 5) is 11.6. The van der Waals surface area contributed by atoms with Crippen LogP contribution in [0, 0.1) is 6.92 Å². The maximum Gasteiger partial charge on any atom is 0.224 e. The summed E-state index contributed by atoms with van der Waals surface area (Å²) in [5.74, 6) is 1.88. The van der Waals surface area contributed by atoms with E-state index in [1.165, 1.54) is 37.7 Å². The summed E-state index contributed by atoms with van der Waals surface area (Å²) in [7, 11) is 0. The average molecular weight is 262 g/mol. The molecule has 1 aliphatic heterocycles. The largest absolute Gasteiger partial charge is 0.354 e. The molecule has 0 saturated carbocycles. The smallest absolute Gasteiger partial charge is 0.224 e. The van der Waals surface area contributed by atoms with Gasteiger partial charge in [-0.1, -0.05) is 19.8 Å². The van der Waals surface area contributed by atoms with Gasteiger partial charge < -0.3 is 10.2 Å². The zero-order valence-corrected chi connectivity index (χ0v) is 12.4. The maximum absolute atomic E-state index is 4.73. The van der Waals surface area contributed by atoms with E-state index in [0.717, 1.165) is 24.9 Å². The van der Waals surface area contributed by atoms with Crippen molar-refractivity contribution < 1.29 is 0 Å². The highest BCUT2D eigenvalue weighted by atomic mass is 15.2. The number of aryl methyl sites for hydroxylation is 1. The summed E-state index contributed by atoms with van der Waals surface area (Å²) in [6.45, 7) is 8.46. The lowest BCUT2D eigenvalue weighted by Gasteiger charge is -2.31. The van der Waals surface area contributed by atoms with E-state index in [4.69, 9.17) is 4.98 Å². The Morgan fingerprint density at radius 1 is 1.32 bits per heavy atom. The number of hydrogen-bond donors (Lipinski definition) is 1. The molecular weight excluding hydrogens is 236 g/mol. The Hall–Kier alpha value is -1.32. The van der Waals surface area contributed by atoms with E-state index in [1.54, 1.807) is 0 Å². The number of nitrogens with zero attached hydrogens (tertiary/aromatic N) is 3. The van der Waals surface area contributed by atoms with Crippen LogP contribution in [-0.4, -0.2) is 29.1 Å². The Kier molecular flexibility index (Phi) is 5.00. The highest BCUT2D eigenvalue weighted by molar-refractivity contribution is 5.50. The lowest BCUT2D eigenvalue weighted by molar-refractivity contribution is 0.551. The summed E-state index contributed by atoms with van der Waals surface area (Å²) in [5, 5.41) is 3.21. The van der Waals surface area contributed by atoms with Crippen molar-refractivity contribution in [2.75, 3.05) is 23.3 Å². The second-order valence-corrected chi connectivity index (χ2v) is 5.34. The molecule has 106 valence electrons. The monoisotopic (exact) mass is 262 g/mol. The minimum atomic E-state index is 0.630. The summed E-state index contributed by atoms with van der Waals surface area (Å²) >= 11 is 0. The second kappa shape index (κ2) is 6.73. The number of nitrogens with one attached hydrogen (secondary N) is 1. The van der Waals surface area contributed by atoms with E-state index < -0.39 is 0 Å². The zero-order valence-electron chi connectivity index (χ0n) is 12.4. The molecule has 2 heterocycles. The molecule has 2 rings (SSSR count). The fourth-order valence-electron chi connectivity index (χ4n) is 2.85. The van der Waals surface area contributed by atoms with Crippen LogP contribution in [0.15, 0.2) is 6.20 Å². The number of anilines is 2. The summed E-state index contributed by atoms with van der Waals surface area (Å²) < 4.78 is 0. The number of rotatable bonds is 4. The lowest BCUT2D eigenvalue weighted by Crippen LogP contribution is -2.35. The molecule has 1 aliphatic rings. The van der Waals surface area contributed by atoms with Crippen LogP contribution in [0.3, 0.4) is 0 Å². The first kappa shape index (κ1) is 14.1. The van der Waals surface area contributed by atoms with Crippen LogP contribution in [0.5, 0.6) is 0 Å². The molecule has 0 amide bonds. The molecule has 1 atom stereocenters. The van der Waals surface area contributed by atoms with E-state index in [-0.39, 0.29) is 0 Å². The van der Waals surface area contributed by atoms with Gasteiger partial charge in [-0.15, -0.1) is 0 Å². The molecule has 4 heteroatoms. The van der Waals surface area contributed by atoms with Crippen LogP contribution in [0.4, 0.5) is 11.8 Å². The van der Waals surface area contributed by atoms with Crippen LogP contribution in [0.2, 0.25) is 0 Å². The molecule has 0 radical (unpaired) electrons. The van der Waals surface area contributed by atoms with Gasteiger partial charge in [0.15, 0.2) is 0 Å². The van der Waals surface area contributed by atoms with Gasteiger partial charge in [0, 0.05) is 30.9 Å². The van der Waals surface area contributed by atoms with E-state index in [9.17, 15) is 0 Å². The van der Waals surface area contributed by atoms with Crippen LogP contribution < -0.4 is 10.2 Å². The van der Waals surface area contributed by atoms with Crippen molar-refractivity contribution >= 4 is 11.8 Å². The molecule has 19 heavy (non-hydrogen) atoms. The minimum Gasteiger partial charge on any atom is -0.354 e. The van der Waals surface area contributed by atoms with Gasteiger partial charge in [0.1, 0.15) is 5.82 Å². The molecule has 1 saturated heterocycles. The van der Waals surface area contributed by atoms with Crippen LogP contribution >= 0.6 is 0 Å². The van der Waals surface area contributed by atoms with Gasteiger partial charge in [0.2, 0.25) is 5.95 Å². The minimum absolute atomic E-state index is 0.630. The van der Waals surface area contributed by atoms with Crippen molar-refractivity contribution in [3.05, 3.63) is 11.8 Å². The van der Waals surface area contributed by atoms with Gasteiger partial charge in [-0.25, -0.2) is 4.98 Å². The van der Waals surface area contributed by atoms with E-state index in [2.05, 4.69) is 36.0 Å². The van der Waals surface area contributed by atoms with Crippen molar-refractivity contribution in [3.8, 4) is 0 Å². The summed E-state index contributed by atoms with van der Waals surface area (Å²) in [5.41, 5.74) is 1.18. The van der Waals surface area contributed by atoms with Crippen molar-refractivity contribution in [2.45, 2.75) is 58.9 Å². The lowest BCUT2D eigenvalue weighted by atomic mass is 10.1. The molecule has 1 aromatic rings. The normalized spacial score (nSPS) is 20.2.